The molecule has 94 valence electrons. The first-order valence-electron chi connectivity index (χ1n) is 5.44. The Labute approximate surface area is 110 Å². The van der Waals surface area contributed by atoms with Crippen molar-refractivity contribution in [3.05, 3.63) is 39.8 Å². The first-order valence-corrected chi connectivity index (χ1v) is 5.85. The fraction of sp³-hybridized carbons (Fsp3) is 0.231. The van der Waals surface area contributed by atoms with Crippen LogP contribution in [-0.4, -0.2) is 17.3 Å². The summed E-state index contributed by atoms with van der Waals surface area (Å²) in [7, 11) is 1.50. The van der Waals surface area contributed by atoms with Gasteiger partial charge in [0.2, 0.25) is 0 Å². The second-order valence-corrected chi connectivity index (χ2v) is 4.41. The Morgan fingerprint density at radius 1 is 1.28 bits per heavy atom. The highest BCUT2D eigenvalue weighted by Gasteiger charge is 2.12. The van der Waals surface area contributed by atoms with Crippen molar-refractivity contribution >= 4 is 12.2 Å². The van der Waals surface area contributed by atoms with E-state index in [1.807, 2.05) is 13.8 Å². The van der Waals surface area contributed by atoms with Crippen LogP contribution in [0.5, 0.6) is 5.75 Å². The van der Waals surface area contributed by atoms with Crippen LogP contribution >= 0.6 is 12.2 Å². The Morgan fingerprint density at radius 2 is 2.00 bits per heavy atom. The Hall–Kier alpha value is -1.75. The number of halogens is 1. The molecule has 0 bridgehead atoms. The third kappa shape index (κ3) is 2.13. The molecule has 0 radical (unpaired) electrons. The minimum atomic E-state index is -0.366. The molecule has 3 nitrogen and oxygen atoms in total. The van der Waals surface area contributed by atoms with E-state index in [0.29, 0.717) is 21.6 Å². The zero-order valence-electron chi connectivity index (χ0n) is 10.4. The summed E-state index contributed by atoms with van der Waals surface area (Å²) in [5.41, 5.74) is 2.79. The van der Waals surface area contributed by atoms with Gasteiger partial charge in [0.15, 0.2) is 0 Å². The van der Waals surface area contributed by atoms with Gasteiger partial charge in [-0.3, -0.25) is 5.10 Å². The van der Waals surface area contributed by atoms with Crippen molar-refractivity contribution < 1.29 is 9.13 Å². The zero-order valence-corrected chi connectivity index (χ0v) is 11.2. The SMILES string of the molecule is COc1ccc(-c2n[nH]c(=S)c(C)c2C)c(F)c1. The number of rotatable bonds is 2. The van der Waals surface area contributed by atoms with E-state index in [1.165, 1.54) is 13.2 Å². The minimum absolute atomic E-state index is 0.366. The van der Waals surface area contributed by atoms with Crippen LogP contribution in [0.4, 0.5) is 4.39 Å². The van der Waals surface area contributed by atoms with Crippen molar-refractivity contribution in [2.45, 2.75) is 13.8 Å². The van der Waals surface area contributed by atoms with Crippen molar-refractivity contribution in [3.8, 4) is 17.0 Å². The molecule has 0 atom stereocenters. The number of nitrogens with zero attached hydrogens (tertiary/aromatic N) is 1. The summed E-state index contributed by atoms with van der Waals surface area (Å²) < 4.78 is 19.5. The summed E-state index contributed by atoms with van der Waals surface area (Å²) in [4.78, 5) is 0. The molecule has 0 unspecified atom stereocenters. The van der Waals surface area contributed by atoms with Gasteiger partial charge in [-0.15, -0.1) is 0 Å². The van der Waals surface area contributed by atoms with Gasteiger partial charge < -0.3 is 4.74 Å². The Morgan fingerprint density at radius 3 is 2.61 bits per heavy atom. The standard InChI is InChI=1S/C13H13FN2OS/c1-7-8(2)13(18)16-15-12(7)10-5-4-9(17-3)6-11(10)14/h4-6H,1-3H3,(H,16,18). The molecule has 1 aromatic heterocycles. The van der Waals surface area contributed by atoms with Gasteiger partial charge in [0.05, 0.1) is 12.8 Å². The van der Waals surface area contributed by atoms with Gasteiger partial charge in [0.1, 0.15) is 16.2 Å². The lowest BCUT2D eigenvalue weighted by Gasteiger charge is -2.09. The van der Waals surface area contributed by atoms with Gasteiger partial charge in [-0.2, -0.15) is 5.10 Å². The molecule has 0 saturated heterocycles. The molecule has 0 spiro atoms. The third-order valence-corrected chi connectivity index (χ3v) is 3.36. The highest BCUT2D eigenvalue weighted by molar-refractivity contribution is 7.71. The molecule has 0 aliphatic heterocycles. The smallest absolute Gasteiger partial charge is 0.136 e. The average Bonchev–Trinajstić information content (AvgIpc) is 2.37. The normalized spacial score (nSPS) is 10.4. The number of ether oxygens (including phenoxy) is 1. The van der Waals surface area contributed by atoms with Crippen LogP contribution in [0, 0.1) is 24.3 Å². The monoisotopic (exact) mass is 264 g/mol. The summed E-state index contributed by atoms with van der Waals surface area (Å²) in [6, 6.07) is 4.70. The van der Waals surface area contributed by atoms with E-state index in [4.69, 9.17) is 17.0 Å². The molecule has 1 heterocycles. The van der Waals surface area contributed by atoms with Gasteiger partial charge in [-0.1, -0.05) is 12.2 Å². The van der Waals surface area contributed by atoms with Gasteiger partial charge >= 0.3 is 0 Å². The zero-order chi connectivity index (χ0) is 13.3. The Balaban J connectivity index is 2.63. The van der Waals surface area contributed by atoms with Crippen LogP contribution in [0.3, 0.4) is 0 Å². The summed E-state index contributed by atoms with van der Waals surface area (Å²) in [5.74, 6) is 0.115. The Kier molecular flexibility index (Phi) is 3.43. The van der Waals surface area contributed by atoms with Crippen LogP contribution in [0.2, 0.25) is 0 Å². The Bertz CT molecular complexity index is 652. The molecular weight excluding hydrogens is 251 g/mol. The quantitative estimate of drug-likeness (QED) is 0.843. The fourth-order valence-corrected chi connectivity index (χ4v) is 1.90. The van der Waals surface area contributed by atoms with Gasteiger partial charge in [-0.25, -0.2) is 4.39 Å². The molecule has 0 saturated carbocycles. The fourth-order valence-electron chi connectivity index (χ4n) is 1.70. The number of benzene rings is 1. The van der Waals surface area contributed by atoms with E-state index in [9.17, 15) is 4.39 Å². The summed E-state index contributed by atoms with van der Waals surface area (Å²) in [6.45, 7) is 3.77. The maximum absolute atomic E-state index is 14.0. The molecule has 5 heteroatoms. The topological polar surface area (TPSA) is 37.9 Å². The van der Waals surface area contributed by atoms with Gasteiger partial charge in [-0.05, 0) is 37.1 Å². The highest BCUT2D eigenvalue weighted by atomic mass is 32.1. The van der Waals surface area contributed by atoms with E-state index >= 15 is 0 Å². The minimum Gasteiger partial charge on any atom is -0.497 e. The van der Waals surface area contributed by atoms with E-state index in [-0.39, 0.29) is 5.82 Å². The number of hydrogen-bond acceptors (Lipinski definition) is 3. The van der Waals surface area contributed by atoms with Crippen molar-refractivity contribution in [2.24, 2.45) is 0 Å². The van der Waals surface area contributed by atoms with E-state index in [2.05, 4.69) is 10.2 Å². The number of H-pyrrole nitrogens is 1. The maximum atomic E-state index is 14.0. The molecule has 18 heavy (non-hydrogen) atoms. The van der Waals surface area contributed by atoms with Crippen LogP contribution in [0.25, 0.3) is 11.3 Å². The number of methoxy groups -OCH3 is 1. The van der Waals surface area contributed by atoms with Crippen LogP contribution < -0.4 is 4.74 Å². The number of hydrogen-bond donors (Lipinski definition) is 1. The summed E-state index contributed by atoms with van der Waals surface area (Å²) in [6.07, 6.45) is 0. The number of aromatic amines is 1. The number of nitrogens with one attached hydrogen (secondary N) is 1. The predicted octanol–water partition coefficient (Wildman–Crippen LogP) is 3.57. The molecular formula is C13H13FN2OS. The van der Waals surface area contributed by atoms with Gasteiger partial charge in [0, 0.05) is 11.6 Å². The first kappa shape index (κ1) is 12.7. The van der Waals surface area contributed by atoms with Crippen molar-refractivity contribution in [3.63, 3.8) is 0 Å². The maximum Gasteiger partial charge on any atom is 0.136 e. The lowest BCUT2D eigenvalue weighted by atomic mass is 10.0. The lowest BCUT2D eigenvalue weighted by molar-refractivity contribution is 0.411. The predicted molar refractivity (Wildman–Crippen MR) is 70.8 cm³/mol. The summed E-state index contributed by atoms with van der Waals surface area (Å²) in [5, 5.41) is 6.85. The van der Waals surface area contributed by atoms with E-state index in [1.54, 1.807) is 12.1 Å². The molecule has 2 rings (SSSR count). The molecule has 0 amide bonds. The molecule has 1 aromatic carbocycles. The second kappa shape index (κ2) is 4.86. The highest BCUT2D eigenvalue weighted by Crippen LogP contribution is 2.27. The molecule has 1 N–H and O–H groups in total. The van der Waals surface area contributed by atoms with Crippen LogP contribution in [0.1, 0.15) is 11.1 Å². The average molecular weight is 264 g/mol. The first-order chi connectivity index (χ1) is 8.54. The van der Waals surface area contributed by atoms with Crippen molar-refractivity contribution in [1.82, 2.24) is 10.2 Å². The van der Waals surface area contributed by atoms with Crippen LogP contribution in [0.15, 0.2) is 18.2 Å². The molecule has 0 aliphatic rings. The van der Waals surface area contributed by atoms with E-state index < -0.39 is 0 Å². The largest absolute Gasteiger partial charge is 0.497 e. The molecule has 0 fully saturated rings. The lowest BCUT2D eigenvalue weighted by Crippen LogP contribution is -1.98. The van der Waals surface area contributed by atoms with Gasteiger partial charge in [0.25, 0.3) is 0 Å². The van der Waals surface area contributed by atoms with Crippen molar-refractivity contribution in [2.75, 3.05) is 7.11 Å². The number of aromatic nitrogens is 2. The third-order valence-electron chi connectivity index (χ3n) is 2.96. The van der Waals surface area contributed by atoms with E-state index in [0.717, 1.165) is 11.1 Å². The molecule has 0 aliphatic carbocycles. The van der Waals surface area contributed by atoms with Crippen LogP contribution in [-0.2, 0) is 0 Å². The second-order valence-electron chi connectivity index (χ2n) is 4.00. The summed E-state index contributed by atoms with van der Waals surface area (Å²) >= 11 is 5.09. The molecule has 2 aromatic rings. The van der Waals surface area contributed by atoms with Crippen molar-refractivity contribution in [1.29, 1.82) is 0 Å².